The summed E-state index contributed by atoms with van der Waals surface area (Å²) in [6, 6.07) is 0.0578. The van der Waals surface area contributed by atoms with Gasteiger partial charge in [-0.05, 0) is 16.4 Å². The van der Waals surface area contributed by atoms with Gasteiger partial charge in [-0.3, -0.25) is 4.99 Å². The minimum Gasteiger partial charge on any atom is -0.442 e. The lowest BCUT2D eigenvalue weighted by Crippen LogP contribution is -2.48. The Kier molecular flexibility index (Phi) is 3.75. The van der Waals surface area contributed by atoms with Crippen molar-refractivity contribution in [3.8, 4) is 0 Å². The van der Waals surface area contributed by atoms with Crippen molar-refractivity contribution in [1.82, 2.24) is 4.90 Å². The highest BCUT2D eigenvalue weighted by Crippen LogP contribution is 2.46. The Bertz CT molecular complexity index is 551. The topological polar surface area (TPSA) is 41.9 Å². The molecule has 1 fully saturated rings. The molecule has 22 heavy (non-hydrogen) atoms. The Morgan fingerprint density at radius 1 is 1.00 bits per heavy atom. The van der Waals surface area contributed by atoms with Crippen molar-refractivity contribution >= 4 is 11.9 Å². The van der Waals surface area contributed by atoms with Crippen LogP contribution >= 0.6 is 0 Å². The Balaban J connectivity index is 2.72. The van der Waals surface area contributed by atoms with Gasteiger partial charge >= 0.3 is 6.09 Å². The zero-order valence-corrected chi connectivity index (χ0v) is 15.5. The van der Waals surface area contributed by atoms with E-state index in [1.165, 1.54) is 5.57 Å². The van der Waals surface area contributed by atoms with Crippen molar-refractivity contribution in [2.45, 2.75) is 68.4 Å². The number of ether oxygens (including phenoxy) is 1. The van der Waals surface area contributed by atoms with Crippen LogP contribution in [0.4, 0.5) is 4.79 Å². The van der Waals surface area contributed by atoms with E-state index >= 15 is 0 Å². The number of rotatable bonds is 0. The third-order valence-electron chi connectivity index (χ3n) is 4.13. The molecule has 1 atom stereocenters. The summed E-state index contributed by atoms with van der Waals surface area (Å²) in [5.74, 6) is 0.818. The first-order valence-electron chi connectivity index (χ1n) is 8.03. The van der Waals surface area contributed by atoms with Gasteiger partial charge < -0.3 is 4.74 Å². The number of carbonyl (C=O) groups is 1. The molecule has 1 unspecified atom stereocenters. The second-order valence-electron chi connectivity index (χ2n) is 9.47. The number of amides is 1. The molecule has 0 aliphatic carbocycles. The molecule has 124 valence electrons. The van der Waals surface area contributed by atoms with Crippen molar-refractivity contribution in [2.75, 3.05) is 6.61 Å². The predicted molar refractivity (Wildman–Crippen MR) is 89.8 cm³/mol. The summed E-state index contributed by atoms with van der Waals surface area (Å²) in [7, 11) is 0. The summed E-state index contributed by atoms with van der Waals surface area (Å²) in [6.45, 7) is 19.8. The molecule has 0 N–H and O–H groups in total. The van der Waals surface area contributed by atoms with Crippen molar-refractivity contribution in [2.24, 2.45) is 21.2 Å². The lowest BCUT2D eigenvalue weighted by atomic mass is 9.70. The number of cyclic esters (lactones) is 1. The maximum Gasteiger partial charge on any atom is 0.420 e. The molecule has 2 heterocycles. The molecule has 4 heteroatoms. The van der Waals surface area contributed by atoms with E-state index in [1.54, 1.807) is 4.90 Å². The van der Waals surface area contributed by atoms with Gasteiger partial charge in [0.1, 0.15) is 12.4 Å². The number of nitrogens with zero attached hydrogens (tertiary/aromatic N) is 2. The Labute approximate surface area is 134 Å². The molecule has 2 rings (SSSR count). The number of hydrogen-bond donors (Lipinski definition) is 0. The van der Waals surface area contributed by atoms with Crippen molar-refractivity contribution in [3.63, 3.8) is 0 Å². The normalized spacial score (nSPS) is 23.5. The molecule has 1 saturated heterocycles. The number of aliphatic imine (C=N–C) groups is 1. The van der Waals surface area contributed by atoms with Gasteiger partial charge in [-0.15, -0.1) is 0 Å². The molecule has 0 aromatic carbocycles. The van der Waals surface area contributed by atoms with Crippen LogP contribution in [-0.2, 0) is 4.74 Å². The van der Waals surface area contributed by atoms with Gasteiger partial charge in [-0.25, -0.2) is 9.69 Å². The Morgan fingerprint density at radius 2 is 1.55 bits per heavy atom. The first-order valence-corrected chi connectivity index (χ1v) is 8.03. The molecule has 2 aliphatic rings. The maximum atomic E-state index is 12.3. The molecule has 0 spiro atoms. The number of hydrogen-bond acceptors (Lipinski definition) is 3. The van der Waals surface area contributed by atoms with Crippen molar-refractivity contribution < 1.29 is 9.53 Å². The summed E-state index contributed by atoms with van der Waals surface area (Å²) in [4.78, 5) is 19.0. The lowest BCUT2D eigenvalue weighted by Gasteiger charge is -2.44. The third kappa shape index (κ3) is 2.80. The van der Waals surface area contributed by atoms with Crippen LogP contribution in [0.5, 0.6) is 0 Å². The van der Waals surface area contributed by atoms with Crippen LogP contribution in [-0.4, -0.2) is 29.5 Å². The maximum absolute atomic E-state index is 12.3. The van der Waals surface area contributed by atoms with Crippen molar-refractivity contribution in [3.05, 3.63) is 11.3 Å². The minimum absolute atomic E-state index is 0.0101. The van der Waals surface area contributed by atoms with Gasteiger partial charge in [0.25, 0.3) is 0 Å². The fraction of sp³-hybridized carbons (Fsp3) is 0.778. The first-order chi connectivity index (χ1) is 9.74. The average molecular weight is 306 g/mol. The fourth-order valence-electron chi connectivity index (χ4n) is 3.18. The van der Waals surface area contributed by atoms with E-state index in [0.29, 0.717) is 6.61 Å². The quantitative estimate of drug-likeness (QED) is 0.655. The summed E-state index contributed by atoms with van der Waals surface area (Å²) in [6.07, 6.45) is -0.294. The van der Waals surface area contributed by atoms with Gasteiger partial charge in [0, 0.05) is 5.41 Å². The third-order valence-corrected chi connectivity index (χ3v) is 4.13. The minimum atomic E-state index is -0.294. The van der Waals surface area contributed by atoms with Crippen LogP contribution < -0.4 is 0 Å². The molecule has 0 bridgehead atoms. The van der Waals surface area contributed by atoms with E-state index in [9.17, 15) is 4.79 Å². The lowest BCUT2D eigenvalue weighted by molar-refractivity contribution is 0.167. The molecular formula is C18H30N2O2. The molecule has 2 aliphatic heterocycles. The van der Waals surface area contributed by atoms with Gasteiger partial charge in [0.05, 0.1) is 11.7 Å². The van der Waals surface area contributed by atoms with Crippen LogP contribution in [0, 0.1) is 16.2 Å². The molecule has 0 saturated carbocycles. The Morgan fingerprint density at radius 3 is 1.95 bits per heavy atom. The number of amidine groups is 1. The molecular weight excluding hydrogens is 276 g/mol. The molecule has 0 radical (unpaired) electrons. The predicted octanol–water partition coefficient (Wildman–Crippen LogP) is 4.61. The monoisotopic (exact) mass is 306 g/mol. The average Bonchev–Trinajstić information content (AvgIpc) is 2.66. The highest BCUT2D eigenvalue weighted by atomic mass is 16.6. The van der Waals surface area contributed by atoms with Gasteiger partial charge in [-0.2, -0.15) is 0 Å². The number of carbonyl (C=O) groups excluding carboxylic acids is 1. The number of fused-ring (bicyclic) bond motifs is 1. The highest BCUT2D eigenvalue weighted by molar-refractivity contribution is 6.02. The zero-order chi connectivity index (χ0) is 17.1. The van der Waals surface area contributed by atoms with E-state index in [1.807, 2.05) is 0 Å². The summed E-state index contributed by atoms with van der Waals surface area (Å²) < 4.78 is 5.36. The van der Waals surface area contributed by atoms with E-state index in [4.69, 9.17) is 9.73 Å². The second kappa shape index (κ2) is 4.84. The van der Waals surface area contributed by atoms with Crippen LogP contribution in [0.2, 0.25) is 0 Å². The van der Waals surface area contributed by atoms with Crippen molar-refractivity contribution in [1.29, 1.82) is 0 Å². The fourth-order valence-corrected chi connectivity index (χ4v) is 3.18. The molecule has 1 amide bonds. The summed E-state index contributed by atoms with van der Waals surface area (Å²) in [5.41, 5.74) is 1.94. The van der Waals surface area contributed by atoms with E-state index < -0.39 is 0 Å². The Hall–Kier alpha value is -1.32. The summed E-state index contributed by atoms with van der Waals surface area (Å²) in [5, 5.41) is 0. The first kappa shape index (κ1) is 17.0. The summed E-state index contributed by atoms with van der Waals surface area (Å²) >= 11 is 0. The molecule has 0 aromatic heterocycles. The van der Waals surface area contributed by atoms with Crippen LogP contribution in [0.3, 0.4) is 0 Å². The van der Waals surface area contributed by atoms with Crippen LogP contribution in [0.15, 0.2) is 16.3 Å². The molecule has 0 aromatic rings. The SMILES string of the molecule is CC(C)(C)C1=NC(C(C)(C)C)C(C(C)(C)C)=C2COC(=O)N12. The van der Waals surface area contributed by atoms with Gasteiger partial charge in [0.2, 0.25) is 0 Å². The van der Waals surface area contributed by atoms with E-state index in [2.05, 4.69) is 62.3 Å². The van der Waals surface area contributed by atoms with Gasteiger partial charge in [-0.1, -0.05) is 62.3 Å². The van der Waals surface area contributed by atoms with Crippen LogP contribution in [0.1, 0.15) is 62.3 Å². The smallest absolute Gasteiger partial charge is 0.420 e. The van der Waals surface area contributed by atoms with E-state index in [0.717, 1.165) is 11.5 Å². The largest absolute Gasteiger partial charge is 0.442 e. The standard InChI is InChI=1S/C18H30N2O2/c1-16(2,3)12-11-10-22-15(21)20(11)14(18(7,8)9)19-13(12)17(4,5)6/h13H,10H2,1-9H3. The van der Waals surface area contributed by atoms with Crippen LogP contribution in [0.25, 0.3) is 0 Å². The van der Waals surface area contributed by atoms with Gasteiger partial charge in [0.15, 0.2) is 0 Å². The highest BCUT2D eigenvalue weighted by Gasteiger charge is 2.48. The molecule has 4 nitrogen and oxygen atoms in total. The zero-order valence-electron chi connectivity index (χ0n) is 15.5. The van der Waals surface area contributed by atoms with E-state index in [-0.39, 0.29) is 28.4 Å². The second-order valence-corrected chi connectivity index (χ2v) is 9.47.